The number of nitrogens with one attached hydrogen (secondary N) is 2. The van der Waals surface area contributed by atoms with Gasteiger partial charge in [-0.25, -0.2) is 4.79 Å². The standard InChI is InChI=1S/C15H21N3O2/c1-3-16-14(19)13-9-6-10-18(13)15(20)17-12-8-5-4-7-11(12)2/h4-5,7-8,13H,3,6,9-10H2,1-2H3,(H,16,19)(H,17,20)/t13-/m0/s1. The molecule has 20 heavy (non-hydrogen) atoms. The van der Waals surface area contributed by atoms with E-state index >= 15 is 0 Å². The van der Waals surface area contributed by atoms with Crippen LogP contribution in [-0.2, 0) is 4.79 Å². The fourth-order valence-electron chi connectivity index (χ4n) is 2.47. The minimum Gasteiger partial charge on any atom is -0.355 e. The Morgan fingerprint density at radius 1 is 1.35 bits per heavy atom. The van der Waals surface area contributed by atoms with E-state index in [1.54, 1.807) is 4.90 Å². The van der Waals surface area contributed by atoms with Gasteiger partial charge in [0.15, 0.2) is 0 Å². The number of aryl methyl sites for hydroxylation is 1. The predicted octanol–water partition coefficient (Wildman–Crippen LogP) is 2.13. The fourth-order valence-corrected chi connectivity index (χ4v) is 2.47. The number of amides is 3. The second-order valence-electron chi connectivity index (χ2n) is 4.99. The number of urea groups is 1. The van der Waals surface area contributed by atoms with Gasteiger partial charge in [0.05, 0.1) is 0 Å². The summed E-state index contributed by atoms with van der Waals surface area (Å²) in [5.41, 5.74) is 1.80. The molecule has 1 atom stereocenters. The van der Waals surface area contributed by atoms with Crippen LogP contribution in [0.1, 0.15) is 25.3 Å². The molecule has 1 aliphatic heterocycles. The van der Waals surface area contributed by atoms with Crippen LogP contribution in [0.4, 0.5) is 10.5 Å². The molecule has 1 heterocycles. The van der Waals surface area contributed by atoms with Crippen molar-refractivity contribution >= 4 is 17.6 Å². The van der Waals surface area contributed by atoms with Gasteiger partial charge in [0.25, 0.3) is 0 Å². The minimum absolute atomic E-state index is 0.0649. The summed E-state index contributed by atoms with van der Waals surface area (Å²) < 4.78 is 0. The number of carbonyl (C=O) groups excluding carboxylic acids is 2. The smallest absolute Gasteiger partial charge is 0.322 e. The summed E-state index contributed by atoms with van der Waals surface area (Å²) in [5, 5.41) is 5.67. The largest absolute Gasteiger partial charge is 0.355 e. The van der Waals surface area contributed by atoms with Crippen molar-refractivity contribution in [3.8, 4) is 0 Å². The molecule has 1 fully saturated rings. The first kappa shape index (κ1) is 14.4. The van der Waals surface area contributed by atoms with Gasteiger partial charge in [-0.2, -0.15) is 0 Å². The summed E-state index contributed by atoms with van der Waals surface area (Å²) in [6.45, 7) is 5.04. The zero-order valence-corrected chi connectivity index (χ0v) is 12.0. The van der Waals surface area contributed by atoms with E-state index in [1.165, 1.54) is 0 Å². The lowest BCUT2D eigenvalue weighted by Gasteiger charge is -2.24. The molecule has 0 spiro atoms. The van der Waals surface area contributed by atoms with E-state index < -0.39 is 0 Å². The molecule has 1 aromatic carbocycles. The van der Waals surface area contributed by atoms with Crippen molar-refractivity contribution in [2.24, 2.45) is 0 Å². The summed E-state index contributed by atoms with van der Waals surface area (Å²) in [4.78, 5) is 25.9. The quantitative estimate of drug-likeness (QED) is 0.887. The van der Waals surface area contributed by atoms with Crippen LogP contribution >= 0.6 is 0 Å². The molecule has 0 radical (unpaired) electrons. The molecule has 0 aromatic heterocycles. The van der Waals surface area contributed by atoms with Gasteiger partial charge in [-0.15, -0.1) is 0 Å². The second-order valence-corrected chi connectivity index (χ2v) is 4.99. The fraction of sp³-hybridized carbons (Fsp3) is 0.467. The van der Waals surface area contributed by atoms with Crippen LogP contribution in [0, 0.1) is 6.92 Å². The number of benzene rings is 1. The molecular formula is C15H21N3O2. The van der Waals surface area contributed by atoms with Crippen LogP contribution in [0.25, 0.3) is 0 Å². The van der Waals surface area contributed by atoms with Crippen LogP contribution in [0.3, 0.4) is 0 Å². The molecule has 2 rings (SSSR count). The lowest BCUT2D eigenvalue weighted by Crippen LogP contribution is -2.47. The second kappa shape index (κ2) is 6.41. The zero-order valence-electron chi connectivity index (χ0n) is 12.0. The normalized spacial score (nSPS) is 17.9. The highest BCUT2D eigenvalue weighted by molar-refractivity contribution is 5.94. The lowest BCUT2D eigenvalue weighted by molar-refractivity contribution is -0.124. The third-order valence-electron chi connectivity index (χ3n) is 3.55. The molecule has 108 valence electrons. The molecule has 0 unspecified atom stereocenters. The van der Waals surface area contributed by atoms with E-state index in [0.29, 0.717) is 13.1 Å². The van der Waals surface area contributed by atoms with Gasteiger partial charge in [0.2, 0.25) is 5.91 Å². The van der Waals surface area contributed by atoms with Gasteiger partial charge < -0.3 is 15.5 Å². The summed E-state index contributed by atoms with van der Waals surface area (Å²) in [7, 11) is 0. The van der Waals surface area contributed by atoms with E-state index in [4.69, 9.17) is 0 Å². The van der Waals surface area contributed by atoms with Gasteiger partial charge in [0, 0.05) is 18.8 Å². The first-order chi connectivity index (χ1) is 9.63. The van der Waals surface area contributed by atoms with Gasteiger partial charge in [0.1, 0.15) is 6.04 Å². The number of rotatable bonds is 3. The number of likely N-dealkylation sites (N-methyl/N-ethyl adjacent to an activating group) is 1. The highest BCUT2D eigenvalue weighted by Gasteiger charge is 2.33. The number of nitrogens with zero attached hydrogens (tertiary/aromatic N) is 1. The number of hydrogen-bond donors (Lipinski definition) is 2. The Labute approximate surface area is 119 Å². The molecule has 5 nitrogen and oxygen atoms in total. The van der Waals surface area contributed by atoms with Crippen molar-refractivity contribution in [3.05, 3.63) is 29.8 Å². The number of carbonyl (C=O) groups is 2. The van der Waals surface area contributed by atoms with Crippen molar-refractivity contribution in [2.75, 3.05) is 18.4 Å². The summed E-state index contributed by atoms with van der Waals surface area (Å²) >= 11 is 0. The Hall–Kier alpha value is -2.04. The van der Waals surface area contributed by atoms with Crippen LogP contribution < -0.4 is 10.6 Å². The molecule has 1 aromatic rings. The monoisotopic (exact) mass is 275 g/mol. The van der Waals surface area contributed by atoms with Gasteiger partial charge in [-0.05, 0) is 38.3 Å². The highest BCUT2D eigenvalue weighted by atomic mass is 16.2. The van der Waals surface area contributed by atoms with Gasteiger partial charge in [-0.1, -0.05) is 18.2 Å². The van der Waals surface area contributed by atoms with E-state index in [0.717, 1.165) is 24.1 Å². The Balaban J connectivity index is 2.05. The predicted molar refractivity (Wildman–Crippen MR) is 78.6 cm³/mol. The van der Waals surface area contributed by atoms with E-state index in [1.807, 2.05) is 38.1 Å². The van der Waals surface area contributed by atoms with Crippen molar-refractivity contribution in [1.29, 1.82) is 0 Å². The molecule has 2 N–H and O–H groups in total. The Kier molecular flexibility index (Phi) is 4.61. The average Bonchev–Trinajstić information content (AvgIpc) is 2.91. The van der Waals surface area contributed by atoms with Gasteiger partial charge in [-0.3, -0.25) is 4.79 Å². The molecule has 0 bridgehead atoms. The number of likely N-dealkylation sites (tertiary alicyclic amines) is 1. The maximum Gasteiger partial charge on any atom is 0.322 e. The Morgan fingerprint density at radius 3 is 2.80 bits per heavy atom. The van der Waals surface area contributed by atoms with E-state index in [9.17, 15) is 9.59 Å². The van der Waals surface area contributed by atoms with Crippen LogP contribution in [0.15, 0.2) is 24.3 Å². The summed E-state index contributed by atoms with van der Waals surface area (Å²) in [6.07, 6.45) is 1.59. The van der Waals surface area contributed by atoms with Crippen LogP contribution in [-0.4, -0.2) is 36.0 Å². The summed E-state index contributed by atoms with van der Waals surface area (Å²) in [5.74, 6) is -0.0649. The molecule has 0 saturated carbocycles. The first-order valence-corrected chi connectivity index (χ1v) is 7.04. The van der Waals surface area contributed by atoms with Crippen molar-refractivity contribution in [2.45, 2.75) is 32.7 Å². The van der Waals surface area contributed by atoms with E-state index in [2.05, 4.69) is 10.6 Å². The maximum atomic E-state index is 12.3. The topological polar surface area (TPSA) is 61.4 Å². The third kappa shape index (κ3) is 3.10. The molecule has 0 aliphatic carbocycles. The summed E-state index contributed by atoms with van der Waals surface area (Å²) in [6, 6.07) is 7.07. The molecule has 1 saturated heterocycles. The van der Waals surface area contributed by atoms with Crippen molar-refractivity contribution in [3.63, 3.8) is 0 Å². The first-order valence-electron chi connectivity index (χ1n) is 7.04. The van der Waals surface area contributed by atoms with Crippen LogP contribution in [0.2, 0.25) is 0 Å². The Bertz CT molecular complexity index is 502. The molecule has 3 amide bonds. The zero-order chi connectivity index (χ0) is 14.5. The highest BCUT2D eigenvalue weighted by Crippen LogP contribution is 2.20. The molecular weight excluding hydrogens is 254 g/mol. The SMILES string of the molecule is CCNC(=O)[C@@H]1CCCN1C(=O)Nc1ccccc1C. The third-order valence-corrected chi connectivity index (χ3v) is 3.55. The van der Waals surface area contributed by atoms with Crippen LogP contribution in [0.5, 0.6) is 0 Å². The van der Waals surface area contributed by atoms with Crippen molar-refractivity contribution in [1.82, 2.24) is 10.2 Å². The number of para-hydroxylation sites is 1. The van der Waals surface area contributed by atoms with Crippen molar-refractivity contribution < 1.29 is 9.59 Å². The maximum absolute atomic E-state index is 12.3. The average molecular weight is 275 g/mol. The number of anilines is 1. The molecule has 1 aliphatic rings. The van der Waals surface area contributed by atoms with Gasteiger partial charge >= 0.3 is 6.03 Å². The Morgan fingerprint density at radius 2 is 2.10 bits per heavy atom. The van der Waals surface area contributed by atoms with E-state index in [-0.39, 0.29) is 18.0 Å². The lowest BCUT2D eigenvalue weighted by atomic mass is 10.2. The minimum atomic E-state index is -0.348. The number of hydrogen-bond acceptors (Lipinski definition) is 2. The molecule has 5 heteroatoms.